The number of hydrogen-bond donors (Lipinski definition) is 1. The van der Waals surface area contributed by atoms with Crippen molar-refractivity contribution in [2.75, 3.05) is 19.6 Å². The smallest absolute Gasteiger partial charge is 0.0453 e. The van der Waals surface area contributed by atoms with Gasteiger partial charge in [-0.3, -0.25) is 4.90 Å². The average Bonchev–Trinajstić information content (AvgIpc) is 2.35. The normalized spacial score (nSPS) is 18.2. The first kappa shape index (κ1) is 13.9. The molecular weight excluding hydrogens is 244 g/mol. The van der Waals surface area contributed by atoms with Crippen LogP contribution in [-0.4, -0.2) is 24.5 Å². The van der Waals surface area contributed by atoms with Gasteiger partial charge in [0.15, 0.2) is 0 Å². The Labute approximate surface area is 115 Å². The molecule has 1 aliphatic rings. The molecular formula is C15H23ClN2. The first-order valence-corrected chi connectivity index (χ1v) is 7.24. The highest BCUT2D eigenvalue weighted by molar-refractivity contribution is 6.31. The van der Waals surface area contributed by atoms with E-state index in [9.17, 15) is 0 Å². The van der Waals surface area contributed by atoms with Crippen LogP contribution in [0.1, 0.15) is 30.4 Å². The SMILES string of the molecule is Cc1ccc(CN2CCC(CCN)CC2)c(Cl)c1. The average molecular weight is 267 g/mol. The minimum atomic E-state index is 0.828. The number of benzene rings is 1. The monoisotopic (exact) mass is 266 g/mol. The third kappa shape index (κ3) is 3.71. The topological polar surface area (TPSA) is 29.3 Å². The summed E-state index contributed by atoms with van der Waals surface area (Å²) in [6.45, 7) is 6.24. The van der Waals surface area contributed by atoms with Crippen LogP contribution in [-0.2, 0) is 6.54 Å². The van der Waals surface area contributed by atoms with Crippen molar-refractivity contribution in [3.8, 4) is 0 Å². The highest BCUT2D eigenvalue weighted by atomic mass is 35.5. The fourth-order valence-electron chi connectivity index (χ4n) is 2.69. The van der Waals surface area contributed by atoms with Crippen LogP contribution in [0.3, 0.4) is 0 Å². The van der Waals surface area contributed by atoms with Gasteiger partial charge in [-0.25, -0.2) is 0 Å². The lowest BCUT2D eigenvalue weighted by molar-refractivity contribution is 0.173. The Bertz CT molecular complexity index is 384. The zero-order chi connectivity index (χ0) is 13.0. The van der Waals surface area contributed by atoms with E-state index >= 15 is 0 Å². The lowest BCUT2D eigenvalue weighted by Gasteiger charge is -2.32. The van der Waals surface area contributed by atoms with Crippen LogP contribution in [0.2, 0.25) is 5.02 Å². The molecule has 0 aliphatic carbocycles. The molecule has 3 heteroatoms. The molecule has 0 radical (unpaired) electrons. The van der Waals surface area contributed by atoms with E-state index in [4.69, 9.17) is 17.3 Å². The van der Waals surface area contributed by atoms with Crippen molar-refractivity contribution in [3.05, 3.63) is 34.3 Å². The summed E-state index contributed by atoms with van der Waals surface area (Å²) in [6, 6.07) is 6.35. The highest BCUT2D eigenvalue weighted by Crippen LogP contribution is 2.24. The van der Waals surface area contributed by atoms with Crippen molar-refractivity contribution in [1.82, 2.24) is 4.90 Å². The first-order valence-electron chi connectivity index (χ1n) is 6.86. The van der Waals surface area contributed by atoms with Gasteiger partial charge in [-0.05, 0) is 68.9 Å². The van der Waals surface area contributed by atoms with Crippen molar-refractivity contribution in [2.24, 2.45) is 11.7 Å². The highest BCUT2D eigenvalue weighted by Gasteiger charge is 2.19. The number of aryl methyl sites for hydroxylation is 1. The van der Waals surface area contributed by atoms with Crippen LogP contribution in [0, 0.1) is 12.8 Å². The van der Waals surface area contributed by atoms with Gasteiger partial charge < -0.3 is 5.73 Å². The lowest BCUT2D eigenvalue weighted by Crippen LogP contribution is -2.33. The fourth-order valence-corrected chi connectivity index (χ4v) is 2.99. The maximum atomic E-state index is 6.28. The van der Waals surface area contributed by atoms with Crippen molar-refractivity contribution in [3.63, 3.8) is 0 Å². The maximum absolute atomic E-state index is 6.28. The summed E-state index contributed by atoms with van der Waals surface area (Å²) in [6.07, 6.45) is 3.74. The molecule has 18 heavy (non-hydrogen) atoms. The van der Waals surface area contributed by atoms with E-state index in [0.717, 1.165) is 24.0 Å². The molecule has 0 spiro atoms. The summed E-state index contributed by atoms with van der Waals surface area (Å²) in [5.41, 5.74) is 8.10. The molecule has 0 bridgehead atoms. The van der Waals surface area contributed by atoms with Crippen molar-refractivity contribution >= 4 is 11.6 Å². The van der Waals surface area contributed by atoms with E-state index in [2.05, 4.69) is 30.0 Å². The minimum absolute atomic E-state index is 0.828. The van der Waals surface area contributed by atoms with Gasteiger partial charge in [0.25, 0.3) is 0 Å². The second kappa shape index (κ2) is 6.55. The van der Waals surface area contributed by atoms with Gasteiger partial charge >= 0.3 is 0 Å². The molecule has 2 rings (SSSR count). The van der Waals surface area contributed by atoms with Gasteiger partial charge in [0.05, 0.1) is 0 Å². The van der Waals surface area contributed by atoms with Crippen LogP contribution in [0.4, 0.5) is 0 Å². The second-order valence-corrected chi connectivity index (χ2v) is 5.80. The van der Waals surface area contributed by atoms with Crippen LogP contribution < -0.4 is 5.73 Å². The Morgan fingerprint density at radius 3 is 2.67 bits per heavy atom. The van der Waals surface area contributed by atoms with Gasteiger partial charge in [0, 0.05) is 11.6 Å². The van der Waals surface area contributed by atoms with E-state index < -0.39 is 0 Å². The molecule has 0 saturated carbocycles. The molecule has 0 unspecified atom stereocenters. The van der Waals surface area contributed by atoms with Gasteiger partial charge in [-0.15, -0.1) is 0 Å². The van der Waals surface area contributed by atoms with Crippen LogP contribution >= 0.6 is 11.6 Å². The Hall–Kier alpha value is -0.570. The Morgan fingerprint density at radius 1 is 1.33 bits per heavy atom. The molecule has 2 nitrogen and oxygen atoms in total. The summed E-state index contributed by atoms with van der Waals surface area (Å²) >= 11 is 6.28. The summed E-state index contributed by atoms with van der Waals surface area (Å²) in [5.74, 6) is 0.833. The first-order chi connectivity index (χ1) is 8.69. The number of halogens is 1. The van der Waals surface area contributed by atoms with Gasteiger partial charge in [0.1, 0.15) is 0 Å². The molecule has 0 aromatic heterocycles. The molecule has 1 aromatic rings. The number of hydrogen-bond acceptors (Lipinski definition) is 2. The maximum Gasteiger partial charge on any atom is 0.0453 e. The lowest BCUT2D eigenvalue weighted by atomic mass is 9.93. The zero-order valence-corrected chi connectivity index (χ0v) is 11.9. The molecule has 2 N–H and O–H groups in total. The van der Waals surface area contributed by atoms with Crippen molar-refractivity contribution in [1.29, 1.82) is 0 Å². The molecule has 1 aliphatic heterocycles. The second-order valence-electron chi connectivity index (χ2n) is 5.39. The fraction of sp³-hybridized carbons (Fsp3) is 0.600. The van der Waals surface area contributed by atoms with Crippen LogP contribution in [0.15, 0.2) is 18.2 Å². The Balaban J connectivity index is 1.87. The van der Waals surface area contributed by atoms with E-state index in [0.29, 0.717) is 0 Å². The largest absolute Gasteiger partial charge is 0.330 e. The van der Waals surface area contributed by atoms with Crippen LogP contribution in [0.5, 0.6) is 0 Å². The van der Waals surface area contributed by atoms with Crippen molar-refractivity contribution < 1.29 is 0 Å². The Kier molecular flexibility index (Phi) is 5.04. The molecule has 1 aromatic carbocycles. The third-order valence-corrected chi connectivity index (χ3v) is 4.24. The third-order valence-electron chi connectivity index (χ3n) is 3.88. The molecule has 0 atom stereocenters. The standard InChI is InChI=1S/C15H23ClN2/c1-12-2-3-14(15(16)10-12)11-18-8-5-13(4-7-17)6-9-18/h2-3,10,13H,4-9,11,17H2,1H3. The molecule has 1 saturated heterocycles. The van der Waals surface area contributed by atoms with Crippen molar-refractivity contribution in [2.45, 2.75) is 32.7 Å². The number of piperidine rings is 1. The summed E-state index contributed by atoms with van der Waals surface area (Å²) in [4.78, 5) is 2.50. The quantitative estimate of drug-likeness (QED) is 0.907. The molecule has 100 valence electrons. The van der Waals surface area contributed by atoms with E-state index in [1.54, 1.807) is 0 Å². The predicted molar refractivity (Wildman–Crippen MR) is 77.9 cm³/mol. The van der Waals surface area contributed by atoms with E-state index in [1.165, 1.54) is 43.5 Å². The molecule has 1 fully saturated rings. The number of nitrogens with zero attached hydrogens (tertiary/aromatic N) is 1. The van der Waals surface area contributed by atoms with Gasteiger partial charge in [-0.2, -0.15) is 0 Å². The van der Waals surface area contributed by atoms with Crippen LogP contribution in [0.25, 0.3) is 0 Å². The summed E-state index contributed by atoms with van der Waals surface area (Å²) in [7, 11) is 0. The van der Waals surface area contributed by atoms with E-state index in [1.807, 2.05) is 0 Å². The number of nitrogens with two attached hydrogens (primary N) is 1. The van der Waals surface area contributed by atoms with Gasteiger partial charge in [-0.1, -0.05) is 23.7 Å². The molecule has 1 heterocycles. The number of rotatable bonds is 4. The van der Waals surface area contributed by atoms with Gasteiger partial charge in [0.2, 0.25) is 0 Å². The summed E-state index contributed by atoms with van der Waals surface area (Å²) < 4.78 is 0. The molecule has 0 amide bonds. The number of likely N-dealkylation sites (tertiary alicyclic amines) is 1. The Morgan fingerprint density at radius 2 is 2.06 bits per heavy atom. The zero-order valence-electron chi connectivity index (χ0n) is 11.2. The van der Waals surface area contributed by atoms with E-state index in [-0.39, 0.29) is 0 Å². The minimum Gasteiger partial charge on any atom is -0.330 e. The summed E-state index contributed by atoms with van der Waals surface area (Å²) in [5, 5.41) is 0.902. The predicted octanol–water partition coefficient (Wildman–Crippen LogP) is 3.21.